The average molecular weight is 215 g/mol. The zero-order valence-corrected chi connectivity index (χ0v) is 10.3. The molecule has 15 heavy (non-hydrogen) atoms. The first-order valence-corrected chi connectivity index (χ1v) is 6.06. The highest BCUT2D eigenvalue weighted by atomic mass is 16.5. The van der Waals surface area contributed by atoms with Crippen LogP contribution in [0.4, 0.5) is 0 Å². The smallest absolute Gasteiger partial charge is 0.0704 e. The molecule has 0 heterocycles. The molecule has 90 valence electrons. The van der Waals surface area contributed by atoms with E-state index in [0.29, 0.717) is 12.0 Å². The molecule has 0 bridgehead atoms. The van der Waals surface area contributed by atoms with Gasteiger partial charge >= 0.3 is 0 Å². The summed E-state index contributed by atoms with van der Waals surface area (Å²) >= 11 is 0. The zero-order chi connectivity index (χ0) is 11.1. The molecule has 0 amide bonds. The second-order valence-electron chi connectivity index (χ2n) is 4.86. The first-order chi connectivity index (χ1) is 7.22. The van der Waals surface area contributed by atoms with E-state index in [9.17, 15) is 0 Å². The molecule has 0 spiro atoms. The van der Waals surface area contributed by atoms with E-state index in [1.807, 2.05) is 7.05 Å². The molecule has 3 heteroatoms. The highest BCUT2D eigenvalue weighted by Gasteiger charge is 2.28. The van der Waals surface area contributed by atoms with Crippen molar-refractivity contribution in [2.75, 3.05) is 33.4 Å². The minimum atomic E-state index is 0.492. The molecule has 1 saturated carbocycles. The van der Waals surface area contributed by atoms with Gasteiger partial charge in [0.1, 0.15) is 0 Å². The third-order valence-corrected chi connectivity index (χ3v) is 2.72. The highest BCUT2D eigenvalue weighted by molar-refractivity contribution is 4.81. The van der Waals surface area contributed by atoms with Gasteiger partial charge in [-0.25, -0.2) is 0 Å². The number of nitrogens with one attached hydrogen (secondary N) is 1. The van der Waals surface area contributed by atoms with Crippen molar-refractivity contribution >= 4 is 0 Å². The van der Waals surface area contributed by atoms with Gasteiger partial charge in [0.05, 0.1) is 19.3 Å². The fourth-order valence-electron chi connectivity index (χ4n) is 1.86. The summed E-state index contributed by atoms with van der Waals surface area (Å²) in [7, 11) is 2.01. The van der Waals surface area contributed by atoms with Crippen LogP contribution in [0, 0.1) is 11.8 Å². The maximum atomic E-state index is 5.68. The van der Waals surface area contributed by atoms with Crippen LogP contribution < -0.4 is 5.32 Å². The van der Waals surface area contributed by atoms with Crippen molar-refractivity contribution < 1.29 is 9.47 Å². The van der Waals surface area contributed by atoms with E-state index >= 15 is 0 Å². The lowest BCUT2D eigenvalue weighted by molar-refractivity contribution is -0.0539. The van der Waals surface area contributed by atoms with E-state index in [2.05, 4.69) is 19.2 Å². The van der Waals surface area contributed by atoms with E-state index in [-0.39, 0.29) is 0 Å². The molecular formula is C12H25NO2. The molecule has 0 aromatic carbocycles. The molecule has 0 radical (unpaired) electrons. The van der Waals surface area contributed by atoms with Crippen LogP contribution in [0.5, 0.6) is 0 Å². The summed E-state index contributed by atoms with van der Waals surface area (Å²) in [6, 6.07) is 0. The SMILES string of the molecule is CNCC1CC(OCCOCC(C)C)C1. The molecular weight excluding hydrogens is 190 g/mol. The molecule has 0 unspecified atom stereocenters. The third kappa shape index (κ3) is 5.50. The Morgan fingerprint density at radius 3 is 2.60 bits per heavy atom. The van der Waals surface area contributed by atoms with Gasteiger partial charge < -0.3 is 14.8 Å². The normalized spacial score (nSPS) is 25.6. The van der Waals surface area contributed by atoms with Crippen LogP contribution in [0.2, 0.25) is 0 Å². The van der Waals surface area contributed by atoms with Gasteiger partial charge in [0, 0.05) is 6.61 Å². The predicted octanol–water partition coefficient (Wildman–Crippen LogP) is 1.67. The van der Waals surface area contributed by atoms with Crippen LogP contribution in [0.15, 0.2) is 0 Å². The average Bonchev–Trinajstić information content (AvgIpc) is 2.12. The first kappa shape index (κ1) is 12.9. The molecule has 0 aromatic rings. The van der Waals surface area contributed by atoms with Gasteiger partial charge in [0.15, 0.2) is 0 Å². The fraction of sp³-hybridized carbons (Fsp3) is 1.00. The van der Waals surface area contributed by atoms with Crippen molar-refractivity contribution in [3.8, 4) is 0 Å². The summed E-state index contributed by atoms with van der Waals surface area (Å²) in [6.07, 6.45) is 2.92. The van der Waals surface area contributed by atoms with Gasteiger partial charge in [-0.15, -0.1) is 0 Å². The van der Waals surface area contributed by atoms with E-state index in [4.69, 9.17) is 9.47 Å². The lowest BCUT2D eigenvalue weighted by Gasteiger charge is -2.35. The Bertz CT molecular complexity index is 156. The van der Waals surface area contributed by atoms with Crippen LogP contribution in [0.1, 0.15) is 26.7 Å². The summed E-state index contributed by atoms with van der Waals surface area (Å²) in [4.78, 5) is 0. The maximum absolute atomic E-state index is 5.68. The molecule has 1 fully saturated rings. The van der Waals surface area contributed by atoms with Crippen LogP contribution in [0.3, 0.4) is 0 Å². The summed E-state index contributed by atoms with van der Waals surface area (Å²) in [6.45, 7) is 7.79. The minimum Gasteiger partial charge on any atom is -0.379 e. The largest absolute Gasteiger partial charge is 0.379 e. The topological polar surface area (TPSA) is 30.5 Å². The van der Waals surface area contributed by atoms with E-state index in [1.54, 1.807) is 0 Å². The monoisotopic (exact) mass is 215 g/mol. The molecule has 1 aliphatic carbocycles. The predicted molar refractivity (Wildman–Crippen MR) is 62.0 cm³/mol. The molecule has 3 nitrogen and oxygen atoms in total. The Balaban J connectivity index is 1.82. The van der Waals surface area contributed by atoms with Crippen LogP contribution in [-0.2, 0) is 9.47 Å². The van der Waals surface area contributed by atoms with Crippen molar-refractivity contribution in [2.45, 2.75) is 32.8 Å². The minimum absolute atomic E-state index is 0.492. The van der Waals surface area contributed by atoms with Crippen LogP contribution in [-0.4, -0.2) is 39.5 Å². The number of hydrogen-bond acceptors (Lipinski definition) is 3. The van der Waals surface area contributed by atoms with Crippen molar-refractivity contribution in [1.82, 2.24) is 5.32 Å². The maximum Gasteiger partial charge on any atom is 0.0704 e. The van der Waals surface area contributed by atoms with Crippen molar-refractivity contribution in [3.05, 3.63) is 0 Å². The summed E-state index contributed by atoms with van der Waals surface area (Å²) in [5, 5.41) is 3.20. The van der Waals surface area contributed by atoms with Crippen molar-refractivity contribution in [3.63, 3.8) is 0 Å². The second-order valence-corrected chi connectivity index (χ2v) is 4.86. The Kier molecular flexibility index (Phi) is 6.22. The Morgan fingerprint density at radius 1 is 1.27 bits per heavy atom. The van der Waals surface area contributed by atoms with Crippen LogP contribution >= 0.6 is 0 Å². The molecule has 0 aliphatic heterocycles. The molecule has 0 atom stereocenters. The van der Waals surface area contributed by atoms with E-state index in [0.717, 1.165) is 32.3 Å². The third-order valence-electron chi connectivity index (χ3n) is 2.72. The lowest BCUT2D eigenvalue weighted by Crippen LogP contribution is -2.37. The number of ether oxygens (including phenoxy) is 2. The molecule has 0 saturated heterocycles. The van der Waals surface area contributed by atoms with Gasteiger partial charge in [-0.05, 0) is 38.3 Å². The zero-order valence-electron chi connectivity index (χ0n) is 10.3. The van der Waals surface area contributed by atoms with Crippen LogP contribution in [0.25, 0.3) is 0 Å². The number of rotatable bonds is 8. The van der Waals surface area contributed by atoms with Gasteiger partial charge in [-0.3, -0.25) is 0 Å². The summed E-state index contributed by atoms with van der Waals surface area (Å²) < 4.78 is 11.1. The van der Waals surface area contributed by atoms with Gasteiger partial charge in [0.2, 0.25) is 0 Å². The van der Waals surface area contributed by atoms with Crippen molar-refractivity contribution in [1.29, 1.82) is 0 Å². The summed E-state index contributed by atoms with van der Waals surface area (Å²) in [5.41, 5.74) is 0. The molecule has 0 aromatic heterocycles. The van der Waals surface area contributed by atoms with E-state index < -0.39 is 0 Å². The first-order valence-electron chi connectivity index (χ1n) is 6.06. The Labute approximate surface area is 93.5 Å². The molecule has 1 aliphatic rings. The Hall–Kier alpha value is -0.120. The van der Waals surface area contributed by atoms with Crippen molar-refractivity contribution in [2.24, 2.45) is 11.8 Å². The molecule has 1 N–H and O–H groups in total. The fourth-order valence-corrected chi connectivity index (χ4v) is 1.86. The summed E-state index contributed by atoms with van der Waals surface area (Å²) in [5.74, 6) is 1.45. The van der Waals surface area contributed by atoms with E-state index in [1.165, 1.54) is 12.8 Å². The quantitative estimate of drug-likeness (QED) is 0.625. The Morgan fingerprint density at radius 2 is 2.00 bits per heavy atom. The molecule has 1 rings (SSSR count). The standard InChI is InChI=1S/C12H25NO2/c1-10(2)9-14-4-5-15-12-6-11(7-12)8-13-3/h10-13H,4-9H2,1-3H3. The van der Waals surface area contributed by atoms with Gasteiger partial charge in [-0.1, -0.05) is 13.8 Å². The number of hydrogen-bond donors (Lipinski definition) is 1. The second kappa shape index (κ2) is 7.20. The van der Waals surface area contributed by atoms with Gasteiger partial charge in [-0.2, -0.15) is 0 Å². The lowest BCUT2D eigenvalue weighted by atomic mass is 9.82. The highest BCUT2D eigenvalue weighted by Crippen LogP contribution is 2.29. The van der Waals surface area contributed by atoms with Gasteiger partial charge in [0.25, 0.3) is 0 Å².